The molecule has 1 N–H and O–H groups in total. The fourth-order valence-corrected chi connectivity index (χ4v) is 5.11. The molecule has 33 heavy (non-hydrogen) atoms. The fraction of sp³-hybridized carbons (Fsp3) is 0.357. The molecule has 2 heterocycles. The summed E-state index contributed by atoms with van der Waals surface area (Å²) >= 11 is 0. The molecule has 3 aromatic rings. The van der Waals surface area contributed by atoms with E-state index < -0.39 is 0 Å². The number of carbonyl (C=O) groups is 1. The van der Waals surface area contributed by atoms with Gasteiger partial charge in [-0.25, -0.2) is 4.98 Å². The summed E-state index contributed by atoms with van der Waals surface area (Å²) in [5.41, 5.74) is 5.92. The lowest BCUT2D eigenvalue weighted by atomic mass is 9.80. The van der Waals surface area contributed by atoms with Crippen LogP contribution in [-0.4, -0.2) is 47.2 Å². The minimum absolute atomic E-state index is 0.0645. The second-order valence-electron chi connectivity index (χ2n) is 9.31. The number of nitrogens with zero attached hydrogens (tertiary/aromatic N) is 2. The molecule has 0 saturated carbocycles. The molecule has 1 atom stereocenters. The lowest BCUT2D eigenvalue weighted by molar-refractivity contribution is 0.0547. The Bertz CT molecular complexity index is 1210. The molecule has 5 heteroatoms. The minimum Gasteiger partial charge on any atom is -0.497 e. The molecular weight excluding hydrogens is 412 g/mol. The fourth-order valence-electron chi connectivity index (χ4n) is 5.11. The van der Waals surface area contributed by atoms with Crippen LogP contribution in [0.15, 0.2) is 48.5 Å². The highest BCUT2D eigenvalue weighted by atomic mass is 16.5. The van der Waals surface area contributed by atoms with E-state index in [4.69, 9.17) is 9.72 Å². The number of piperidine rings is 1. The number of para-hydroxylation sites is 1. The second kappa shape index (κ2) is 8.99. The molecule has 2 aliphatic rings. The quantitative estimate of drug-likeness (QED) is 0.623. The Kier molecular flexibility index (Phi) is 5.90. The Morgan fingerprint density at radius 1 is 1.09 bits per heavy atom. The molecule has 2 aromatic carbocycles. The first kappa shape index (κ1) is 21.7. The van der Waals surface area contributed by atoms with Crippen molar-refractivity contribution < 1.29 is 14.6 Å². The van der Waals surface area contributed by atoms with Crippen LogP contribution in [0.5, 0.6) is 5.75 Å². The molecule has 1 aliphatic carbocycles. The van der Waals surface area contributed by atoms with Crippen molar-refractivity contribution in [3.05, 3.63) is 70.9 Å². The Hall–Kier alpha value is -3.18. The predicted octanol–water partition coefficient (Wildman–Crippen LogP) is 4.96. The highest BCUT2D eigenvalue weighted by Gasteiger charge is 2.31. The van der Waals surface area contributed by atoms with Gasteiger partial charge in [-0.1, -0.05) is 37.3 Å². The normalized spacial score (nSPS) is 20.2. The van der Waals surface area contributed by atoms with Crippen molar-refractivity contribution >= 4 is 28.5 Å². The summed E-state index contributed by atoms with van der Waals surface area (Å²) < 4.78 is 5.30. The number of allylic oxidation sites excluding steroid dienone is 1. The first-order valence-corrected chi connectivity index (χ1v) is 11.8. The molecule has 0 spiro atoms. The summed E-state index contributed by atoms with van der Waals surface area (Å²) in [6.07, 6.45) is 4.92. The number of pyridine rings is 1. The van der Waals surface area contributed by atoms with Gasteiger partial charge in [-0.3, -0.25) is 4.79 Å². The van der Waals surface area contributed by atoms with Gasteiger partial charge in [-0.2, -0.15) is 0 Å². The Balaban J connectivity index is 1.64. The number of carbonyl (C=O) groups excluding carboxylic acids is 1. The van der Waals surface area contributed by atoms with E-state index in [-0.39, 0.29) is 12.0 Å². The standard InChI is InChI=1S/C28H30N2O3/c1-18-15-20(17-19-7-9-22(33-2)10-8-19)27-24(16-18)26(23-5-3-4-6-25(23)29-27)28(32)30-13-11-21(31)12-14-30/h3-10,17-18,21,31H,11-16H2,1-2H3. The maximum absolute atomic E-state index is 13.8. The van der Waals surface area contributed by atoms with Gasteiger partial charge in [-0.05, 0) is 72.6 Å². The van der Waals surface area contributed by atoms with Gasteiger partial charge < -0.3 is 14.7 Å². The second-order valence-corrected chi connectivity index (χ2v) is 9.31. The average molecular weight is 443 g/mol. The summed E-state index contributed by atoms with van der Waals surface area (Å²) in [5, 5.41) is 10.8. The summed E-state index contributed by atoms with van der Waals surface area (Å²) in [7, 11) is 1.67. The molecule has 5 nitrogen and oxygen atoms in total. The van der Waals surface area contributed by atoms with Gasteiger partial charge >= 0.3 is 0 Å². The first-order valence-electron chi connectivity index (χ1n) is 11.8. The van der Waals surface area contributed by atoms with Crippen molar-refractivity contribution in [3.63, 3.8) is 0 Å². The third-order valence-corrected chi connectivity index (χ3v) is 6.84. The highest BCUT2D eigenvalue weighted by molar-refractivity contribution is 6.09. The number of hydrogen-bond donors (Lipinski definition) is 1. The molecule has 1 fully saturated rings. The smallest absolute Gasteiger partial charge is 0.254 e. The van der Waals surface area contributed by atoms with E-state index >= 15 is 0 Å². The zero-order valence-corrected chi connectivity index (χ0v) is 19.3. The highest BCUT2D eigenvalue weighted by Crippen LogP contribution is 2.39. The van der Waals surface area contributed by atoms with E-state index in [9.17, 15) is 9.90 Å². The Morgan fingerprint density at radius 3 is 2.55 bits per heavy atom. The van der Waals surface area contributed by atoms with E-state index in [1.165, 1.54) is 5.57 Å². The van der Waals surface area contributed by atoms with Gasteiger partial charge in [-0.15, -0.1) is 0 Å². The third kappa shape index (κ3) is 4.25. The summed E-state index contributed by atoms with van der Waals surface area (Å²) in [4.78, 5) is 20.8. The van der Waals surface area contributed by atoms with Gasteiger partial charge in [0.05, 0.1) is 30.0 Å². The number of fused-ring (bicyclic) bond motifs is 2. The van der Waals surface area contributed by atoms with Crippen molar-refractivity contribution in [2.75, 3.05) is 20.2 Å². The van der Waals surface area contributed by atoms with Crippen LogP contribution in [0, 0.1) is 5.92 Å². The third-order valence-electron chi connectivity index (χ3n) is 6.84. The van der Waals surface area contributed by atoms with Crippen LogP contribution in [0.25, 0.3) is 22.6 Å². The van der Waals surface area contributed by atoms with E-state index in [0.29, 0.717) is 31.8 Å². The van der Waals surface area contributed by atoms with Gasteiger partial charge in [0, 0.05) is 18.5 Å². The maximum atomic E-state index is 13.8. The van der Waals surface area contributed by atoms with Gasteiger partial charge in [0.2, 0.25) is 0 Å². The van der Waals surface area contributed by atoms with Gasteiger partial charge in [0.25, 0.3) is 5.91 Å². The SMILES string of the molecule is COc1ccc(C=C2CC(C)Cc3c2nc2ccccc2c3C(=O)N2CCC(O)CC2)cc1. The van der Waals surface area contributed by atoms with E-state index in [1.54, 1.807) is 7.11 Å². The minimum atomic E-state index is -0.309. The molecule has 1 unspecified atom stereocenters. The average Bonchev–Trinajstić information content (AvgIpc) is 2.83. The lowest BCUT2D eigenvalue weighted by Gasteiger charge is -2.32. The number of hydrogen-bond acceptors (Lipinski definition) is 4. The van der Waals surface area contributed by atoms with Crippen molar-refractivity contribution in [1.82, 2.24) is 9.88 Å². The number of aliphatic hydroxyl groups excluding tert-OH is 1. The topological polar surface area (TPSA) is 62.7 Å². The molecule has 170 valence electrons. The number of aliphatic hydroxyl groups is 1. The Labute approximate surface area is 194 Å². The van der Waals surface area contributed by atoms with Gasteiger partial charge in [0.15, 0.2) is 0 Å². The molecule has 1 saturated heterocycles. The van der Waals surface area contributed by atoms with Crippen LogP contribution in [0.4, 0.5) is 0 Å². The van der Waals surface area contributed by atoms with Crippen molar-refractivity contribution in [1.29, 1.82) is 0 Å². The van der Waals surface area contributed by atoms with Gasteiger partial charge in [0.1, 0.15) is 5.75 Å². The van der Waals surface area contributed by atoms with Crippen molar-refractivity contribution in [2.45, 2.75) is 38.7 Å². The summed E-state index contributed by atoms with van der Waals surface area (Å²) in [6, 6.07) is 16.0. The molecule has 0 radical (unpaired) electrons. The molecule has 5 rings (SSSR count). The lowest BCUT2D eigenvalue weighted by Crippen LogP contribution is -2.40. The number of likely N-dealkylation sites (tertiary alicyclic amines) is 1. The van der Waals surface area contributed by atoms with Crippen LogP contribution < -0.4 is 4.74 Å². The first-order chi connectivity index (χ1) is 16.0. The molecular formula is C28H30N2O3. The zero-order chi connectivity index (χ0) is 22.9. The Morgan fingerprint density at radius 2 is 1.82 bits per heavy atom. The van der Waals surface area contributed by atoms with Crippen LogP contribution in [-0.2, 0) is 6.42 Å². The molecule has 1 aromatic heterocycles. The predicted molar refractivity (Wildman–Crippen MR) is 131 cm³/mol. The zero-order valence-electron chi connectivity index (χ0n) is 19.3. The van der Waals surface area contributed by atoms with Crippen molar-refractivity contribution in [3.8, 4) is 5.75 Å². The number of rotatable bonds is 3. The number of methoxy groups -OCH3 is 1. The molecule has 0 bridgehead atoms. The number of benzene rings is 2. The van der Waals surface area contributed by atoms with E-state index in [2.05, 4.69) is 25.1 Å². The van der Waals surface area contributed by atoms with E-state index in [0.717, 1.165) is 51.9 Å². The van der Waals surface area contributed by atoms with Crippen LogP contribution in [0.1, 0.15) is 53.4 Å². The molecule has 1 aliphatic heterocycles. The van der Waals surface area contributed by atoms with Crippen LogP contribution in [0.2, 0.25) is 0 Å². The largest absolute Gasteiger partial charge is 0.497 e. The van der Waals surface area contributed by atoms with Crippen LogP contribution in [0.3, 0.4) is 0 Å². The summed E-state index contributed by atoms with van der Waals surface area (Å²) in [6.45, 7) is 3.43. The number of amides is 1. The summed E-state index contributed by atoms with van der Waals surface area (Å²) in [5.74, 6) is 1.31. The van der Waals surface area contributed by atoms with Crippen LogP contribution >= 0.6 is 0 Å². The number of ether oxygens (including phenoxy) is 1. The monoisotopic (exact) mass is 442 g/mol. The molecule has 1 amide bonds. The maximum Gasteiger partial charge on any atom is 0.254 e. The van der Waals surface area contributed by atoms with E-state index in [1.807, 2.05) is 41.3 Å². The number of aromatic nitrogens is 1. The van der Waals surface area contributed by atoms with Crippen molar-refractivity contribution in [2.24, 2.45) is 5.92 Å².